The second kappa shape index (κ2) is 23.3. The Morgan fingerprint density at radius 1 is 0.185 bits per heavy atom. The van der Waals surface area contributed by atoms with E-state index in [1.54, 1.807) is 0 Å². The molecule has 0 spiro atoms. The second-order valence-electron chi connectivity index (χ2n) is 27.6. The first-order chi connectivity index (χ1) is 53.6. The largest absolute Gasteiger partial charge is 0.453 e. The van der Waals surface area contributed by atoms with Gasteiger partial charge in [-0.3, -0.25) is 9.13 Å². The first kappa shape index (κ1) is 59.6. The van der Waals surface area contributed by atoms with Crippen LogP contribution in [-0.4, -0.2) is 48.2 Å². The molecule has 108 heavy (non-hydrogen) atoms. The summed E-state index contributed by atoms with van der Waals surface area (Å²) in [6.07, 6.45) is 0. The van der Waals surface area contributed by atoms with Gasteiger partial charge in [0, 0.05) is 75.8 Å². The van der Waals surface area contributed by atoms with Gasteiger partial charge in [0.1, 0.15) is 11.2 Å². The average molecular weight is 1380 g/mol. The van der Waals surface area contributed by atoms with Crippen LogP contribution in [0.4, 0.5) is 0 Å². The topological polar surface area (TPSA) is 123 Å². The van der Waals surface area contributed by atoms with E-state index in [4.69, 9.17) is 38.7 Å². The number of benzene rings is 15. The van der Waals surface area contributed by atoms with Crippen molar-refractivity contribution in [1.29, 1.82) is 0 Å². The highest BCUT2D eigenvalue weighted by atomic mass is 16.3. The Balaban J connectivity index is 0.693. The minimum Gasteiger partial charge on any atom is -0.453 e. The predicted molar refractivity (Wildman–Crippen MR) is 438 cm³/mol. The summed E-state index contributed by atoms with van der Waals surface area (Å²) in [5.41, 5.74) is 20.5. The molecule has 15 aromatic carbocycles. The normalized spacial score (nSPS) is 12.1. The van der Waals surface area contributed by atoms with E-state index in [1.165, 1.54) is 10.8 Å². The molecule has 23 aromatic rings. The number of furan rings is 2. The predicted octanol–water partition coefficient (Wildman–Crippen LogP) is 24.2. The van der Waals surface area contributed by atoms with Gasteiger partial charge in [-0.25, -0.2) is 9.97 Å². The molecule has 0 N–H and O–H groups in total. The van der Waals surface area contributed by atoms with Crippen molar-refractivity contribution in [2.75, 3.05) is 0 Å². The number of hydrogen-bond donors (Lipinski definition) is 0. The lowest BCUT2D eigenvalue weighted by Gasteiger charge is -2.11. The summed E-state index contributed by atoms with van der Waals surface area (Å²) in [7, 11) is 0. The third-order valence-corrected chi connectivity index (χ3v) is 21.7. The van der Waals surface area contributed by atoms with Gasteiger partial charge in [0.2, 0.25) is 11.9 Å². The van der Waals surface area contributed by atoms with Gasteiger partial charge in [-0.15, -0.1) is 0 Å². The van der Waals surface area contributed by atoms with Crippen LogP contribution < -0.4 is 0 Å². The van der Waals surface area contributed by atoms with Gasteiger partial charge in [-0.2, -0.15) is 19.9 Å². The number of nitrogens with zero attached hydrogens (tertiary/aromatic N) is 10. The molecule has 0 saturated carbocycles. The number of rotatable bonds is 10. The zero-order valence-corrected chi connectivity index (χ0v) is 57.6. The number of fused-ring (bicyclic) bond motifs is 18. The number of para-hydroxylation sites is 9. The highest BCUT2D eigenvalue weighted by Gasteiger charge is 2.27. The SMILES string of the molecule is c1ccc(-c2nc(-c3cccc4c3oc3c(-n5c6ccccc6c6ccccc65)cccc34)nc(-n3c4ccccc4c4cc(-c5ccc6c7c(-c8ccccc8)cccc7n(-c7cccc8c7oc7c(-c9nc(-c%10ccccc%10)nc(-n%10c%11ccccc%11c%11ccccc%11%10)n9)cccc78)c6c5)ccc43)n2)cc1. The van der Waals surface area contributed by atoms with E-state index in [2.05, 4.69) is 309 Å². The lowest BCUT2D eigenvalue weighted by Crippen LogP contribution is -2.06. The van der Waals surface area contributed by atoms with Crippen LogP contribution in [0, 0.1) is 0 Å². The maximum absolute atomic E-state index is 7.45. The van der Waals surface area contributed by atoms with Crippen LogP contribution in [0.2, 0.25) is 0 Å². The van der Waals surface area contributed by atoms with Crippen molar-refractivity contribution >= 4 is 131 Å². The lowest BCUT2D eigenvalue weighted by molar-refractivity contribution is 0.666. The summed E-state index contributed by atoms with van der Waals surface area (Å²) in [5, 5.41) is 12.8. The van der Waals surface area contributed by atoms with E-state index < -0.39 is 0 Å². The molecular formula is C96H56N10O2. The van der Waals surface area contributed by atoms with Gasteiger partial charge in [-0.05, 0) is 101 Å². The Labute approximate surface area is 615 Å². The zero-order chi connectivity index (χ0) is 70.7. The standard InChI is InChI=1S/C96H56N10O2/c1-4-25-57(26-5-1)62-36-22-48-82-86(62)72-53-51-61(56-85(72)104(82)84-50-24-40-71-69-38-21-42-74(88(69)108-90(71)84)93-97-91(58-27-6-2-7-28-58)99-95(101-93)105-78-45-17-12-33-65(78)66-34-13-18-46-79(66)105)60-52-54-81-75(55-60)67-35-14-19-47-80(67)106(81)96-100-92(59-29-8-3-9-30-59)98-94(102-96)73-41-20-37-68-70-39-23-49-83(89(70)107-87(68)73)103-76-43-15-10-31-63(76)64-32-11-16-44-77(64)103/h1-56H. The van der Waals surface area contributed by atoms with Crippen LogP contribution in [0.3, 0.4) is 0 Å². The number of aromatic nitrogens is 10. The van der Waals surface area contributed by atoms with E-state index in [0.29, 0.717) is 46.4 Å². The minimum absolute atomic E-state index is 0.485. The third-order valence-electron chi connectivity index (χ3n) is 21.7. The first-order valence-corrected chi connectivity index (χ1v) is 36.2. The molecule has 0 atom stereocenters. The van der Waals surface area contributed by atoms with E-state index >= 15 is 0 Å². The lowest BCUT2D eigenvalue weighted by atomic mass is 9.97. The Hall–Kier alpha value is -14.9. The van der Waals surface area contributed by atoms with Gasteiger partial charge in [-0.1, -0.05) is 261 Å². The zero-order valence-electron chi connectivity index (χ0n) is 57.6. The minimum atomic E-state index is 0.485. The molecule has 0 bridgehead atoms. The molecule has 0 radical (unpaired) electrons. The summed E-state index contributed by atoms with van der Waals surface area (Å²) in [4.78, 5) is 32.2. The van der Waals surface area contributed by atoms with E-state index in [0.717, 1.165) is 165 Å². The molecule has 8 aromatic heterocycles. The molecule has 502 valence electrons. The molecular weight excluding hydrogens is 1330 g/mol. The van der Waals surface area contributed by atoms with Crippen LogP contribution in [0.5, 0.6) is 0 Å². The average Bonchev–Trinajstić information content (AvgIpc) is 1.51. The fourth-order valence-electron chi connectivity index (χ4n) is 17.0. The molecule has 12 heteroatoms. The highest BCUT2D eigenvalue weighted by Crippen LogP contribution is 2.47. The Morgan fingerprint density at radius 2 is 0.528 bits per heavy atom. The number of hydrogen-bond acceptors (Lipinski definition) is 8. The van der Waals surface area contributed by atoms with Gasteiger partial charge in [0.15, 0.2) is 34.5 Å². The molecule has 8 heterocycles. The van der Waals surface area contributed by atoms with Crippen LogP contribution in [0.15, 0.2) is 349 Å². The van der Waals surface area contributed by atoms with Gasteiger partial charge in [0.25, 0.3) is 0 Å². The third kappa shape index (κ3) is 8.91. The van der Waals surface area contributed by atoms with Crippen LogP contribution in [-0.2, 0) is 0 Å². The smallest absolute Gasteiger partial charge is 0.238 e. The molecule has 0 aliphatic heterocycles. The monoisotopic (exact) mass is 1380 g/mol. The Morgan fingerprint density at radius 3 is 1.02 bits per heavy atom. The summed E-state index contributed by atoms with van der Waals surface area (Å²) in [6.45, 7) is 0. The van der Waals surface area contributed by atoms with Crippen molar-refractivity contribution in [2.45, 2.75) is 0 Å². The summed E-state index contributed by atoms with van der Waals surface area (Å²) < 4.78 is 23.7. The molecule has 0 fully saturated rings. The van der Waals surface area contributed by atoms with Crippen molar-refractivity contribution < 1.29 is 8.83 Å². The molecule has 0 saturated heterocycles. The van der Waals surface area contributed by atoms with Gasteiger partial charge in [0.05, 0.1) is 66.6 Å². The summed E-state index contributed by atoms with van der Waals surface area (Å²) in [5.74, 6) is 3.09. The van der Waals surface area contributed by atoms with Crippen molar-refractivity contribution in [3.63, 3.8) is 0 Å². The Kier molecular flexibility index (Phi) is 12.9. The van der Waals surface area contributed by atoms with Gasteiger partial charge >= 0.3 is 0 Å². The fraction of sp³-hybridized carbons (Fsp3) is 0. The molecule has 23 rings (SSSR count). The van der Waals surface area contributed by atoms with Crippen LogP contribution >= 0.6 is 0 Å². The van der Waals surface area contributed by atoms with E-state index in [-0.39, 0.29) is 0 Å². The Bertz CT molecular complexity index is 7590. The molecule has 0 unspecified atom stereocenters. The molecule has 0 aliphatic rings. The van der Waals surface area contributed by atoms with Crippen molar-refractivity contribution in [1.82, 2.24) is 48.2 Å². The fourth-order valence-corrected chi connectivity index (χ4v) is 17.0. The van der Waals surface area contributed by atoms with Crippen LogP contribution in [0.1, 0.15) is 0 Å². The highest BCUT2D eigenvalue weighted by molar-refractivity contribution is 6.20. The molecule has 0 amide bonds. The molecule has 0 aliphatic carbocycles. The van der Waals surface area contributed by atoms with E-state index in [9.17, 15) is 0 Å². The van der Waals surface area contributed by atoms with Crippen molar-refractivity contribution in [3.8, 4) is 91.1 Å². The van der Waals surface area contributed by atoms with Crippen molar-refractivity contribution in [2.24, 2.45) is 0 Å². The molecule has 12 nitrogen and oxygen atoms in total. The maximum atomic E-state index is 7.45. The first-order valence-electron chi connectivity index (χ1n) is 36.2. The second-order valence-corrected chi connectivity index (χ2v) is 27.6. The van der Waals surface area contributed by atoms with Gasteiger partial charge < -0.3 is 18.0 Å². The summed E-state index contributed by atoms with van der Waals surface area (Å²) >= 11 is 0. The van der Waals surface area contributed by atoms with Crippen LogP contribution in [0.25, 0.3) is 222 Å². The van der Waals surface area contributed by atoms with E-state index in [1.807, 2.05) is 48.5 Å². The summed E-state index contributed by atoms with van der Waals surface area (Å²) in [6, 6.07) is 119. The quantitative estimate of drug-likeness (QED) is 0.133. The van der Waals surface area contributed by atoms with Crippen molar-refractivity contribution in [3.05, 3.63) is 340 Å². The maximum Gasteiger partial charge on any atom is 0.238 e.